The first-order valence-corrected chi connectivity index (χ1v) is 6.62. The summed E-state index contributed by atoms with van der Waals surface area (Å²) >= 11 is 5.93. The molecule has 2 rings (SSSR count). The molecule has 0 aromatic heterocycles. The molecule has 0 radical (unpaired) electrons. The fraction of sp³-hybridized carbons (Fsp3) is 0.250. The van der Waals surface area contributed by atoms with Crippen molar-refractivity contribution in [3.63, 3.8) is 0 Å². The number of halogens is 1. The minimum atomic E-state index is 0.499. The van der Waals surface area contributed by atoms with E-state index in [1.54, 1.807) is 0 Å². The van der Waals surface area contributed by atoms with E-state index in [0.29, 0.717) is 5.92 Å². The molecule has 0 fully saturated rings. The van der Waals surface area contributed by atoms with Gasteiger partial charge in [0.15, 0.2) is 0 Å². The van der Waals surface area contributed by atoms with E-state index in [4.69, 9.17) is 17.3 Å². The Morgan fingerprint density at radius 2 is 1.72 bits per heavy atom. The Labute approximate surface area is 114 Å². The third-order valence-electron chi connectivity index (χ3n) is 3.14. The highest BCUT2D eigenvalue weighted by Gasteiger charge is 2.07. The van der Waals surface area contributed by atoms with Crippen molar-refractivity contribution in [3.05, 3.63) is 59.1 Å². The van der Waals surface area contributed by atoms with E-state index in [1.807, 2.05) is 12.1 Å². The van der Waals surface area contributed by atoms with Gasteiger partial charge in [-0.2, -0.15) is 0 Å². The highest BCUT2D eigenvalue weighted by atomic mass is 35.5. The summed E-state index contributed by atoms with van der Waals surface area (Å²) in [7, 11) is 0. The zero-order valence-electron chi connectivity index (χ0n) is 10.6. The van der Waals surface area contributed by atoms with Gasteiger partial charge in [-0.25, -0.2) is 0 Å². The van der Waals surface area contributed by atoms with Crippen molar-refractivity contribution in [3.8, 4) is 11.1 Å². The Hall–Kier alpha value is -1.31. The van der Waals surface area contributed by atoms with Crippen LogP contribution in [0.25, 0.3) is 11.1 Å². The van der Waals surface area contributed by atoms with Gasteiger partial charge in [-0.1, -0.05) is 54.9 Å². The summed E-state index contributed by atoms with van der Waals surface area (Å²) in [6.07, 6.45) is 1.01. The van der Waals surface area contributed by atoms with Crippen LogP contribution < -0.4 is 5.73 Å². The molecule has 2 aromatic rings. The summed E-state index contributed by atoms with van der Waals surface area (Å²) in [5.41, 5.74) is 9.54. The first kappa shape index (κ1) is 13.1. The molecule has 1 atom stereocenters. The van der Waals surface area contributed by atoms with Crippen molar-refractivity contribution in [2.24, 2.45) is 11.7 Å². The summed E-state index contributed by atoms with van der Waals surface area (Å²) in [5.74, 6) is 0.499. The maximum atomic E-state index is 5.93. The van der Waals surface area contributed by atoms with Crippen LogP contribution in [-0.2, 0) is 6.42 Å². The Kier molecular flexibility index (Phi) is 4.40. The van der Waals surface area contributed by atoms with Gasteiger partial charge in [0.1, 0.15) is 0 Å². The Morgan fingerprint density at radius 1 is 1.06 bits per heavy atom. The standard InChI is InChI=1S/C16H18ClN/c1-12(11-18)10-14-4-2-3-5-16(14)13-6-8-15(17)9-7-13/h2-9,12H,10-11,18H2,1H3/t12-/m1/s1. The second-order valence-electron chi connectivity index (χ2n) is 4.71. The predicted octanol–water partition coefficient (Wildman–Crippen LogP) is 4.14. The van der Waals surface area contributed by atoms with Crippen molar-refractivity contribution in [2.75, 3.05) is 6.54 Å². The molecule has 2 N–H and O–H groups in total. The van der Waals surface area contributed by atoms with Gasteiger partial charge in [0.2, 0.25) is 0 Å². The topological polar surface area (TPSA) is 26.0 Å². The average Bonchev–Trinajstić information content (AvgIpc) is 2.40. The minimum absolute atomic E-state index is 0.499. The Bertz CT molecular complexity index is 505. The summed E-state index contributed by atoms with van der Waals surface area (Å²) in [6.45, 7) is 2.90. The number of hydrogen-bond acceptors (Lipinski definition) is 1. The molecule has 0 unspecified atom stereocenters. The molecular formula is C16H18ClN. The molecule has 1 nitrogen and oxygen atoms in total. The predicted molar refractivity (Wildman–Crippen MR) is 78.8 cm³/mol. The number of hydrogen-bond donors (Lipinski definition) is 1. The molecule has 2 heteroatoms. The molecule has 0 saturated carbocycles. The summed E-state index contributed by atoms with van der Waals surface area (Å²) in [5, 5.41) is 0.770. The third kappa shape index (κ3) is 3.12. The van der Waals surface area contributed by atoms with E-state index >= 15 is 0 Å². The first-order chi connectivity index (χ1) is 8.70. The second-order valence-corrected chi connectivity index (χ2v) is 5.15. The van der Waals surface area contributed by atoms with Crippen LogP contribution in [0.15, 0.2) is 48.5 Å². The lowest BCUT2D eigenvalue weighted by atomic mass is 9.93. The molecule has 2 aromatic carbocycles. The second kappa shape index (κ2) is 6.03. The number of benzene rings is 2. The van der Waals surface area contributed by atoms with Crippen LogP contribution in [0, 0.1) is 5.92 Å². The van der Waals surface area contributed by atoms with Crippen LogP contribution in [0.4, 0.5) is 0 Å². The van der Waals surface area contributed by atoms with Crippen molar-refractivity contribution < 1.29 is 0 Å². The summed E-state index contributed by atoms with van der Waals surface area (Å²) < 4.78 is 0. The van der Waals surface area contributed by atoms with Gasteiger partial charge in [-0.15, -0.1) is 0 Å². The summed E-state index contributed by atoms with van der Waals surface area (Å²) in [4.78, 5) is 0. The van der Waals surface area contributed by atoms with Crippen LogP contribution >= 0.6 is 11.6 Å². The van der Waals surface area contributed by atoms with Crippen LogP contribution in [0.2, 0.25) is 5.02 Å². The fourth-order valence-corrected chi connectivity index (χ4v) is 2.19. The van der Waals surface area contributed by atoms with E-state index in [-0.39, 0.29) is 0 Å². The Morgan fingerprint density at radius 3 is 2.39 bits per heavy atom. The molecule has 0 spiro atoms. The number of nitrogens with two attached hydrogens (primary N) is 1. The summed E-state index contributed by atoms with van der Waals surface area (Å²) in [6, 6.07) is 16.5. The van der Waals surface area contributed by atoms with Crippen molar-refractivity contribution in [1.29, 1.82) is 0 Å². The van der Waals surface area contributed by atoms with Crippen LogP contribution in [0.3, 0.4) is 0 Å². The van der Waals surface area contributed by atoms with Gasteiger partial charge in [-0.3, -0.25) is 0 Å². The molecule has 0 aliphatic rings. The maximum Gasteiger partial charge on any atom is 0.0406 e. The largest absolute Gasteiger partial charge is 0.330 e. The smallest absolute Gasteiger partial charge is 0.0406 e. The third-order valence-corrected chi connectivity index (χ3v) is 3.40. The average molecular weight is 260 g/mol. The van der Waals surface area contributed by atoms with E-state index in [1.165, 1.54) is 16.7 Å². The highest BCUT2D eigenvalue weighted by Crippen LogP contribution is 2.26. The van der Waals surface area contributed by atoms with Gasteiger partial charge in [-0.05, 0) is 47.7 Å². The quantitative estimate of drug-likeness (QED) is 0.877. The SMILES string of the molecule is C[C@@H](CN)Cc1ccccc1-c1ccc(Cl)cc1. The Balaban J connectivity index is 2.35. The van der Waals surface area contributed by atoms with Gasteiger partial charge in [0.05, 0.1) is 0 Å². The molecule has 18 heavy (non-hydrogen) atoms. The van der Waals surface area contributed by atoms with Gasteiger partial charge in [0.25, 0.3) is 0 Å². The van der Waals surface area contributed by atoms with Gasteiger partial charge >= 0.3 is 0 Å². The molecule has 0 amide bonds. The fourth-order valence-electron chi connectivity index (χ4n) is 2.07. The van der Waals surface area contributed by atoms with E-state index < -0.39 is 0 Å². The van der Waals surface area contributed by atoms with Crippen LogP contribution in [0.5, 0.6) is 0 Å². The monoisotopic (exact) mass is 259 g/mol. The maximum absolute atomic E-state index is 5.93. The van der Waals surface area contributed by atoms with E-state index in [0.717, 1.165) is 18.0 Å². The molecule has 0 aliphatic carbocycles. The van der Waals surface area contributed by atoms with Gasteiger partial charge in [0, 0.05) is 5.02 Å². The van der Waals surface area contributed by atoms with Crippen molar-refractivity contribution in [1.82, 2.24) is 0 Å². The zero-order chi connectivity index (χ0) is 13.0. The normalized spacial score (nSPS) is 12.4. The molecular weight excluding hydrogens is 242 g/mol. The minimum Gasteiger partial charge on any atom is -0.330 e. The first-order valence-electron chi connectivity index (χ1n) is 6.24. The highest BCUT2D eigenvalue weighted by molar-refractivity contribution is 6.30. The van der Waals surface area contributed by atoms with Gasteiger partial charge < -0.3 is 5.73 Å². The number of rotatable bonds is 4. The molecule has 0 bridgehead atoms. The lowest BCUT2D eigenvalue weighted by Crippen LogP contribution is -2.13. The molecule has 94 valence electrons. The molecule has 0 aliphatic heterocycles. The van der Waals surface area contributed by atoms with E-state index in [9.17, 15) is 0 Å². The van der Waals surface area contributed by atoms with Crippen molar-refractivity contribution >= 4 is 11.6 Å². The lowest BCUT2D eigenvalue weighted by Gasteiger charge is -2.13. The zero-order valence-corrected chi connectivity index (χ0v) is 11.3. The van der Waals surface area contributed by atoms with E-state index in [2.05, 4.69) is 43.3 Å². The van der Waals surface area contributed by atoms with Crippen molar-refractivity contribution in [2.45, 2.75) is 13.3 Å². The molecule has 0 saturated heterocycles. The van der Waals surface area contributed by atoms with Crippen LogP contribution in [0.1, 0.15) is 12.5 Å². The molecule has 0 heterocycles. The lowest BCUT2D eigenvalue weighted by molar-refractivity contribution is 0.594. The van der Waals surface area contributed by atoms with Crippen LogP contribution in [-0.4, -0.2) is 6.54 Å².